The molecular weight excluding hydrogens is 266 g/mol. The molecule has 2 aromatic rings. The Bertz CT molecular complexity index is 606. The van der Waals surface area contributed by atoms with Crippen LogP contribution in [0, 0.1) is 0 Å². The molecule has 2 aromatic heterocycles. The monoisotopic (exact) mass is 285 g/mol. The SMILES string of the molecule is CC(C)c1ncc(C(=O)N2CCC(c3ccn[nH]3)C2)cn1. The highest BCUT2D eigenvalue weighted by Gasteiger charge is 2.29. The number of aromatic nitrogens is 4. The minimum Gasteiger partial charge on any atom is -0.338 e. The largest absolute Gasteiger partial charge is 0.338 e. The molecule has 1 fully saturated rings. The third-order valence-corrected chi connectivity index (χ3v) is 3.87. The van der Waals surface area contributed by atoms with Crippen molar-refractivity contribution in [1.82, 2.24) is 25.1 Å². The zero-order chi connectivity index (χ0) is 14.8. The van der Waals surface area contributed by atoms with Crippen LogP contribution in [-0.4, -0.2) is 44.1 Å². The Morgan fingerprint density at radius 2 is 2.14 bits per heavy atom. The van der Waals surface area contributed by atoms with Crippen LogP contribution in [0.2, 0.25) is 0 Å². The molecular formula is C15H19N5O. The minimum atomic E-state index is 0.00678. The zero-order valence-corrected chi connectivity index (χ0v) is 12.3. The van der Waals surface area contributed by atoms with Gasteiger partial charge in [-0.1, -0.05) is 13.8 Å². The van der Waals surface area contributed by atoms with Gasteiger partial charge in [-0.25, -0.2) is 9.97 Å². The number of H-pyrrole nitrogens is 1. The Morgan fingerprint density at radius 1 is 1.38 bits per heavy atom. The lowest BCUT2D eigenvalue weighted by Gasteiger charge is -2.16. The van der Waals surface area contributed by atoms with Crippen LogP contribution in [0.15, 0.2) is 24.7 Å². The predicted octanol–water partition coefficient (Wildman–Crippen LogP) is 1.95. The Kier molecular flexibility index (Phi) is 3.68. The van der Waals surface area contributed by atoms with Gasteiger partial charge < -0.3 is 4.90 Å². The van der Waals surface area contributed by atoms with Gasteiger partial charge in [-0.15, -0.1) is 0 Å². The van der Waals surface area contributed by atoms with Crippen LogP contribution in [-0.2, 0) is 0 Å². The van der Waals surface area contributed by atoms with E-state index in [9.17, 15) is 4.79 Å². The molecule has 1 N–H and O–H groups in total. The first kappa shape index (κ1) is 13.7. The molecule has 3 rings (SSSR count). The lowest BCUT2D eigenvalue weighted by Crippen LogP contribution is -2.28. The number of rotatable bonds is 3. The summed E-state index contributed by atoms with van der Waals surface area (Å²) in [6, 6.07) is 1.97. The molecule has 1 unspecified atom stereocenters. The summed E-state index contributed by atoms with van der Waals surface area (Å²) in [6.45, 7) is 5.54. The van der Waals surface area contributed by atoms with Gasteiger partial charge in [0.15, 0.2) is 0 Å². The standard InChI is InChI=1S/C15H19N5O/c1-10(2)14-16-7-12(8-17-14)15(21)20-6-4-11(9-20)13-3-5-18-19-13/h3,5,7-8,10-11H,4,6,9H2,1-2H3,(H,18,19). The van der Waals surface area contributed by atoms with Gasteiger partial charge in [0.05, 0.1) is 5.56 Å². The average molecular weight is 285 g/mol. The molecule has 1 aliphatic heterocycles. The zero-order valence-electron chi connectivity index (χ0n) is 12.3. The highest BCUT2D eigenvalue weighted by molar-refractivity contribution is 5.93. The fraction of sp³-hybridized carbons (Fsp3) is 0.467. The van der Waals surface area contributed by atoms with Crippen molar-refractivity contribution in [2.75, 3.05) is 13.1 Å². The van der Waals surface area contributed by atoms with Gasteiger partial charge in [-0.2, -0.15) is 5.10 Å². The summed E-state index contributed by atoms with van der Waals surface area (Å²) in [5.74, 6) is 1.38. The molecule has 6 heteroatoms. The van der Waals surface area contributed by atoms with E-state index in [1.165, 1.54) is 0 Å². The Labute approximate surface area is 123 Å². The molecule has 0 aliphatic carbocycles. The van der Waals surface area contributed by atoms with Gasteiger partial charge in [-0.3, -0.25) is 9.89 Å². The number of amides is 1. The predicted molar refractivity (Wildman–Crippen MR) is 78.0 cm³/mol. The van der Waals surface area contributed by atoms with Gasteiger partial charge in [0, 0.05) is 49.2 Å². The van der Waals surface area contributed by atoms with Crippen LogP contribution < -0.4 is 0 Å². The number of carbonyl (C=O) groups is 1. The molecule has 1 atom stereocenters. The van der Waals surface area contributed by atoms with Gasteiger partial charge in [0.2, 0.25) is 0 Å². The van der Waals surface area contributed by atoms with Crippen molar-refractivity contribution < 1.29 is 4.79 Å². The van der Waals surface area contributed by atoms with Crippen LogP contribution in [0.5, 0.6) is 0 Å². The first-order valence-corrected chi connectivity index (χ1v) is 7.25. The van der Waals surface area contributed by atoms with E-state index >= 15 is 0 Å². The minimum absolute atomic E-state index is 0.00678. The fourth-order valence-corrected chi connectivity index (χ4v) is 2.62. The van der Waals surface area contributed by atoms with Crippen LogP contribution in [0.3, 0.4) is 0 Å². The molecule has 0 aromatic carbocycles. The first-order valence-electron chi connectivity index (χ1n) is 7.25. The van der Waals surface area contributed by atoms with Crippen LogP contribution in [0.4, 0.5) is 0 Å². The van der Waals surface area contributed by atoms with Crippen molar-refractivity contribution in [1.29, 1.82) is 0 Å². The summed E-state index contributed by atoms with van der Waals surface area (Å²) in [5.41, 5.74) is 1.65. The van der Waals surface area contributed by atoms with Crippen molar-refractivity contribution in [3.63, 3.8) is 0 Å². The topological polar surface area (TPSA) is 74.8 Å². The normalized spacial score (nSPS) is 18.4. The fourth-order valence-electron chi connectivity index (χ4n) is 2.62. The summed E-state index contributed by atoms with van der Waals surface area (Å²) in [4.78, 5) is 22.9. The summed E-state index contributed by atoms with van der Waals surface area (Å²) < 4.78 is 0. The second-order valence-corrected chi connectivity index (χ2v) is 5.73. The number of hydrogen-bond acceptors (Lipinski definition) is 4. The van der Waals surface area contributed by atoms with Gasteiger partial charge in [0.1, 0.15) is 5.82 Å². The molecule has 21 heavy (non-hydrogen) atoms. The van der Waals surface area contributed by atoms with E-state index in [1.54, 1.807) is 18.6 Å². The highest BCUT2D eigenvalue weighted by atomic mass is 16.2. The summed E-state index contributed by atoms with van der Waals surface area (Å²) >= 11 is 0. The van der Waals surface area contributed by atoms with Crippen LogP contribution in [0.25, 0.3) is 0 Å². The van der Waals surface area contributed by atoms with E-state index in [-0.39, 0.29) is 11.8 Å². The number of nitrogens with zero attached hydrogens (tertiary/aromatic N) is 4. The number of hydrogen-bond donors (Lipinski definition) is 1. The van der Waals surface area contributed by atoms with E-state index < -0.39 is 0 Å². The quantitative estimate of drug-likeness (QED) is 0.935. The van der Waals surface area contributed by atoms with E-state index in [4.69, 9.17) is 0 Å². The van der Waals surface area contributed by atoms with Gasteiger partial charge >= 0.3 is 0 Å². The van der Waals surface area contributed by atoms with Crippen molar-refractivity contribution in [3.8, 4) is 0 Å². The number of likely N-dealkylation sites (tertiary alicyclic amines) is 1. The summed E-state index contributed by atoms with van der Waals surface area (Å²) in [6.07, 6.45) is 5.97. The van der Waals surface area contributed by atoms with Gasteiger partial charge in [0.25, 0.3) is 5.91 Å². The van der Waals surface area contributed by atoms with Crippen LogP contribution in [0.1, 0.15) is 54.0 Å². The van der Waals surface area contributed by atoms with E-state index in [0.29, 0.717) is 18.0 Å². The van der Waals surface area contributed by atoms with E-state index in [1.807, 2.05) is 24.8 Å². The maximum absolute atomic E-state index is 12.5. The van der Waals surface area contributed by atoms with Crippen LogP contribution >= 0.6 is 0 Å². The first-order chi connectivity index (χ1) is 10.1. The third kappa shape index (κ3) is 2.79. The molecule has 1 aliphatic rings. The van der Waals surface area contributed by atoms with E-state index in [0.717, 1.165) is 24.5 Å². The van der Waals surface area contributed by atoms with Crippen molar-refractivity contribution in [3.05, 3.63) is 41.7 Å². The molecule has 0 bridgehead atoms. The van der Waals surface area contributed by atoms with E-state index in [2.05, 4.69) is 20.2 Å². The summed E-state index contributed by atoms with van der Waals surface area (Å²) in [7, 11) is 0. The molecule has 6 nitrogen and oxygen atoms in total. The third-order valence-electron chi connectivity index (χ3n) is 3.87. The Hall–Kier alpha value is -2.24. The van der Waals surface area contributed by atoms with Crippen molar-refractivity contribution in [2.45, 2.75) is 32.1 Å². The lowest BCUT2D eigenvalue weighted by atomic mass is 10.1. The summed E-state index contributed by atoms with van der Waals surface area (Å²) in [5, 5.41) is 6.96. The second kappa shape index (κ2) is 5.63. The smallest absolute Gasteiger partial charge is 0.257 e. The maximum Gasteiger partial charge on any atom is 0.257 e. The Balaban J connectivity index is 1.68. The average Bonchev–Trinajstić information content (AvgIpc) is 3.17. The number of carbonyl (C=O) groups excluding carboxylic acids is 1. The van der Waals surface area contributed by atoms with Crippen molar-refractivity contribution >= 4 is 5.91 Å². The number of nitrogens with one attached hydrogen (secondary N) is 1. The highest BCUT2D eigenvalue weighted by Crippen LogP contribution is 2.26. The van der Waals surface area contributed by atoms with Crippen molar-refractivity contribution in [2.24, 2.45) is 0 Å². The molecule has 0 spiro atoms. The molecule has 1 saturated heterocycles. The Morgan fingerprint density at radius 3 is 2.76 bits per heavy atom. The molecule has 0 saturated carbocycles. The molecule has 110 valence electrons. The molecule has 0 radical (unpaired) electrons. The van der Waals surface area contributed by atoms with Gasteiger partial charge in [-0.05, 0) is 12.5 Å². The number of aromatic amines is 1. The molecule has 1 amide bonds. The maximum atomic E-state index is 12.5. The second-order valence-electron chi connectivity index (χ2n) is 5.73. The molecule has 3 heterocycles. The lowest BCUT2D eigenvalue weighted by molar-refractivity contribution is 0.0789.